The third-order valence-electron chi connectivity index (χ3n) is 4.37. The highest BCUT2D eigenvalue weighted by molar-refractivity contribution is 14.0. The Morgan fingerprint density at radius 2 is 1.90 bits per heavy atom. The average Bonchev–Trinajstić information content (AvgIpc) is 3.08. The van der Waals surface area contributed by atoms with E-state index < -0.39 is 5.60 Å². The van der Waals surface area contributed by atoms with E-state index in [9.17, 15) is 4.79 Å². The van der Waals surface area contributed by atoms with E-state index in [2.05, 4.69) is 44.8 Å². The zero-order valence-corrected chi connectivity index (χ0v) is 20.5. The van der Waals surface area contributed by atoms with Crippen molar-refractivity contribution in [2.45, 2.75) is 58.9 Å². The molecule has 1 atom stereocenters. The fourth-order valence-electron chi connectivity index (χ4n) is 3.03. The van der Waals surface area contributed by atoms with Crippen molar-refractivity contribution in [3.05, 3.63) is 35.4 Å². The molecule has 1 aromatic carbocycles. The van der Waals surface area contributed by atoms with Crippen LogP contribution in [0.25, 0.3) is 0 Å². The Labute approximate surface area is 191 Å². The van der Waals surface area contributed by atoms with Gasteiger partial charge in [0.25, 0.3) is 0 Å². The maximum Gasteiger partial charge on any atom is 0.407 e. The van der Waals surface area contributed by atoms with E-state index in [1.165, 1.54) is 11.1 Å². The number of alkyl carbamates (subject to hydrolysis) is 1. The zero-order chi connectivity index (χ0) is 20.6. The van der Waals surface area contributed by atoms with E-state index >= 15 is 0 Å². The number of carbonyl (C=O) groups is 1. The van der Waals surface area contributed by atoms with Gasteiger partial charge in [0.2, 0.25) is 0 Å². The van der Waals surface area contributed by atoms with E-state index in [1.807, 2.05) is 27.7 Å². The second kappa shape index (κ2) is 12.2. The molecular weight excluding hydrogens is 483 g/mol. The number of ether oxygens (including phenoxy) is 2. The second-order valence-electron chi connectivity index (χ2n) is 7.93. The van der Waals surface area contributed by atoms with Crippen molar-refractivity contribution in [3.8, 4) is 0 Å². The molecule has 0 aliphatic carbocycles. The fourth-order valence-corrected chi connectivity index (χ4v) is 3.03. The molecule has 0 bridgehead atoms. The van der Waals surface area contributed by atoms with Crippen molar-refractivity contribution in [1.29, 1.82) is 0 Å². The molecule has 2 rings (SSSR count). The lowest BCUT2D eigenvalue weighted by atomic mass is 10.1. The minimum atomic E-state index is -0.488. The number of halogens is 1. The molecule has 1 aromatic rings. The Bertz CT molecular complexity index is 659. The van der Waals surface area contributed by atoms with Gasteiger partial charge in [-0.15, -0.1) is 24.0 Å². The van der Waals surface area contributed by atoms with Gasteiger partial charge in [0.15, 0.2) is 5.96 Å². The third-order valence-corrected chi connectivity index (χ3v) is 4.37. The van der Waals surface area contributed by atoms with Crippen molar-refractivity contribution >= 4 is 36.0 Å². The largest absolute Gasteiger partial charge is 0.444 e. The van der Waals surface area contributed by atoms with Crippen molar-refractivity contribution in [1.82, 2.24) is 15.5 Å². The predicted octanol–water partition coefficient (Wildman–Crippen LogP) is 3.52. The third kappa shape index (κ3) is 9.20. The molecule has 164 valence electrons. The number of hydrogen-bond donors (Lipinski definition) is 2. The number of aliphatic imine (C=N–C) groups is 1. The van der Waals surface area contributed by atoms with Crippen LogP contribution in [0.15, 0.2) is 29.3 Å². The molecule has 29 heavy (non-hydrogen) atoms. The molecular formula is C21H35IN4O3. The van der Waals surface area contributed by atoms with Crippen LogP contribution < -0.4 is 10.6 Å². The predicted molar refractivity (Wildman–Crippen MR) is 127 cm³/mol. The van der Waals surface area contributed by atoms with Crippen LogP contribution in [0, 0.1) is 0 Å². The van der Waals surface area contributed by atoms with Crippen LogP contribution in [-0.2, 0) is 22.6 Å². The first kappa shape index (κ1) is 25.5. The molecule has 1 aliphatic rings. The van der Waals surface area contributed by atoms with E-state index in [-0.39, 0.29) is 36.1 Å². The summed E-state index contributed by atoms with van der Waals surface area (Å²) in [5.41, 5.74) is 1.87. The molecule has 1 fully saturated rings. The first-order chi connectivity index (χ1) is 13.3. The summed E-state index contributed by atoms with van der Waals surface area (Å²) in [6.07, 6.45) is 0.501. The van der Waals surface area contributed by atoms with Gasteiger partial charge < -0.3 is 25.0 Å². The summed E-state index contributed by atoms with van der Waals surface area (Å²) in [5.74, 6) is 0.840. The number of hydrogen-bond acceptors (Lipinski definition) is 4. The van der Waals surface area contributed by atoms with Gasteiger partial charge in [0.05, 0.1) is 12.6 Å². The van der Waals surface area contributed by atoms with Gasteiger partial charge in [-0.1, -0.05) is 24.3 Å². The summed E-state index contributed by atoms with van der Waals surface area (Å²) in [6.45, 7) is 11.2. The van der Waals surface area contributed by atoms with E-state index in [4.69, 9.17) is 9.47 Å². The van der Waals surface area contributed by atoms with Crippen LogP contribution in [0.1, 0.15) is 45.2 Å². The molecule has 8 heteroatoms. The molecule has 2 N–H and O–H groups in total. The molecule has 1 heterocycles. The average molecular weight is 518 g/mol. The highest BCUT2D eigenvalue weighted by atomic mass is 127. The zero-order valence-electron chi connectivity index (χ0n) is 18.2. The number of amides is 1. The Kier molecular flexibility index (Phi) is 10.7. The smallest absolute Gasteiger partial charge is 0.407 e. The second-order valence-corrected chi connectivity index (χ2v) is 7.93. The van der Waals surface area contributed by atoms with Crippen LogP contribution in [0.3, 0.4) is 0 Å². The summed E-state index contributed by atoms with van der Waals surface area (Å²) in [6, 6.07) is 8.45. The Morgan fingerprint density at radius 3 is 2.48 bits per heavy atom. The van der Waals surface area contributed by atoms with Crippen LogP contribution in [0.2, 0.25) is 0 Å². The summed E-state index contributed by atoms with van der Waals surface area (Å²) in [5, 5.41) is 6.35. The maximum absolute atomic E-state index is 12.0. The van der Waals surface area contributed by atoms with Gasteiger partial charge in [-0.05, 0) is 45.2 Å². The van der Waals surface area contributed by atoms with E-state index in [0.29, 0.717) is 19.7 Å². The standard InChI is InChI=1S/C21H34N4O3.HI/c1-6-27-15-17-9-7-16(8-10-17)13-23-19(22-5)25-12-11-18(14-25)24-20(26)28-21(2,3)4;/h7-10,18H,6,11-15H2,1-5H3,(H,22,23)(H,24,26);1H. The van der Waals surface area contributed by atoms with Gasteiger partial charge in [0, 0.05) is 33.3 Å². The highest BCUT2D eigenvalue weighted by Crippen LogP contribution is 2.12. The van der Waals surface area contributed by atoms with Crippen LogP contribution in [0.4, 0.5) is 4.79 Å². The highest BCUT2D eigenvalue weighted by Gasteiger charge is 2.27. The summed E-state index contributed by atoms with van der Waals surface area (Å²) < 4.78 is 10.8. The van der Waals surface area contributed by atoms with Gasteiger partial charge >= 0.3 is 6.09 Å². The maximum atomic E-state index is 12.0. The lowest BCUT2D eigenvalue weighted by molar-refractivity contribution is 0.0507. The number of rotatable bonds is 6. The lowest BCUT2D eigenvalue weighted by Gasteiger charge is -2.23. The minimum absolute atomic E-state index is 0. The number of likely N-dealkylation sites (tertiary alicyclic amines) is 1. The molecule has 1 unspecified atom stereocenters. The van der Waals surface area contributed by atoms with Gasteiger partial charge in [-0.25, -0.2) is 4.79 Å². The van der Waals surface area contributed by atoms with Crippen LogP contribution >= 0.6 is 24.0 Å². The molecule has 0 spiro atoms. The molecule has 1 saturated heterocycles. The van der Waals surface area contributed by atoms with Gasteiger partial charge in [0.1, 0.15) is 5.60 Å². The fraction of sp³-hybridized carbons (Fsp3) is 0.619. The van der Waals surface area contributed by atoms with Gasteiger partial charge in [-0.3, -0.25) is 4.99 Å². The van der Waals surface area contributed by atoms with Gasteiger partial charge in [-0.2, -0.15) is 0 Å². The van der Waals surface area contributed by atoms with Crippen molar-refractivity contribution in [2.24, 2.45) is 4.99 Å². The van der Waals surface area contributed by atoms with E-state index in [0.717, 1.165) is 25.5 Å². The topological polar surface area (TPSA) is 75.2 Å². The molecule has 0 saturated carbocycles. The SMILES string of the molecule is CCOCc1ccc(CNC(=NC)N2CCC(NC(=O)OC(C)(C)C)C2)cc1.I. The summed E-state index contributed by atoms with van der Waals surface area (Å²) in [7, 11) is 1.78. The van der Waals surface area contributed by atoms with Crippen LogP contribution in [0.5, 0.6) is 0 Å². The number of nitrogens with one attached hydrogen (secondary N) is 2. The summed E-state index contributed by atoms with van der Waals surface area (Å²) in [4.78, 5) is 18.5. The van der Waals surface area contributed by atoms with Crippen molar-refractivity contribution in [2.75, 3.05) is 26.7 Å². The van der Waals surface area contributed by atoms with Crippen molar-refractivity contribution < 1.29 is 14.3 Å². The quantitative estimate of drug-likeness (QED) is 0.343. The molecule has 7 nitrogen and oxygen atoms in total. The van der Waals surface area contributed by atoms with E-state index in [1.54, 1.807) is 7.05 Å². The number of nitrogens with zero attached hydrogens (tertiary/aromatic N) is 2. The molecule has 0 aromatic heterocycles. The Balaban J connectivity index is 0.00000420. The molecule has 0 radical (unpaired) electrons. The number of carbonyl (C=O) groups excluding carboxylic acids is 1. The number of guanidine groups is 1. The van der Waals surface area contributed by atoms with Crippen LogP contribution in [-0.4, -0.2) is 55.3 Å². The van der Waals surface area contributed by atoms with Crippen molar-refractivity contribution in [3.63, 3.8) is 0 Å². The number of benzene rings is 1. The minimum Gasteiger partial charge on any atom is -0.444 e. The summed E-state index contributed by atoms with van der Waals surface area (Å²) >= 11 is 0. The molecule has 1 amide bonds. The monoisotopic (exact) mass is 518 g/mol. The molecule has 1 aliphatic heterocycles. The first-order valence-electron chi connectivity index (χ1n) is 9.91. The lowest BCUT2D eigenvalue weighted by Crippen LogP contribution is -2.44. The Morgan fingerprint density at radius 1 is 1.24 bits per heavy atom. The normalized spacial score (nSPS) is 16.9. The first-order valence-corrected chi connectivity index (χ1v) is 9.91. The Hall–Kier alpha value is -1.55.